The molecule has 1 N–H and O–H groups in total. The summed E-state index contributed by atoms with van der Waals surface area (Å²) in [6.07, 6.45) is 2.86. The maximum Gasteiger partial charge on any atom is 0.413 e. The van der Waals surface area contributed by atoms with E-state index in [1.165, 1.54) is 12.8 Å². The maximum absolute atomic E-state index is 12.5. The monoisotopic (exact) mass is 445 g/mol. The standard InChI is InChI=1S/C25H27N5O3/c1-16-7-9-18(22(12-16)32-3)19-14-24(29(2)28-19)27-25(31)33-15-17-8-10-21-20(13-17)26-23-6-4-5-11-30(21)23/h7-10,12-14H,4-6,11,15H2,1-3H3,(H,27,31). The largest absolute Gasteiger partial charge is 0.496 e. The minimum Gasteiger partial charge on any atom is -0.496 e. The van der Waals surface area contributed by atoms with E-state index in [1.54, 1.807) is 24.9 Å². The lowest BCUT2D eigenvalue weighted by Crippen LogP contribution is -2.15. The molecule has 4 aromatic rings. The number of carbonyl (C=O) groups excluding carboxylic acids is 1. The van der Waals surface area contributed by atoms with Gasteiger partial charge in [0.25, 0.3) is 0 Å². The van der Waals surface area contributed by atoms with Gasteiger partial charge in [-0.25, -0.2) is 9.78 Å². The van der Waals surface area contributed by atoms with E-state index in [0.717, 1.165) is 52.3 Å². The summed E-state index contributed by atoms with van der Waals surface area (Å²) >= 11 is 0. The number of amides is 1. The number of hydrogen-bond acceptors (Lipinski definition) is 5. The van der Waals surface area contributed by atoms with Gasteiger partial charge in [-0.15, -0.1) is 0 Å². The number of nitrogens with one attached hydrogen (secondary N) is 1. The van der Waals surface area contributed by atoms with Crippen molar-refractivity contribution in [1.29, 1.82) is 0 Å². The molecule has 0 radical (unpaired) electrons. The molecule has 1 amide bonds. The minimum atomic E-state index is -0.537. The van der Waals surface area contributed by atoms with E-state index >= 15 is 0 Å². The normalized spacial score (nSPS) is 13.1. The molecule has 0 bridgehead atoms. The van der Waals surface area contributed by atoms with Gasteiger partial charge in [0, 0.05) is 31.6 Å². The molecule has 0 saturated carbocycles. The molecule has 3 heterocycles. The SMILES string of the molecule is COc1cc(C)ccc1-c1cc(NC(=O)OCc2ccc3c(c2)nc2n3CCCC2)n(C)n1. The number of ether oxygens (including phenoxy) is 2. The summed E-state index contributed by atoms with van der Waals surface area (Å²) in [5.41, 5.74) is 5.67. The second kappa shape index (κ2) is 8.61. The van der Waals surface area contributed by atoms with Gasteiger partial charge < -0.3 is 14.0 Å². The maximum atomic E-state index is 12.5. The topological polar surface area (TPSA) is 83.2 Å². The quantitative estimate of drug-likeness (QED) is 0.475. The summed E-state index contributed by atoms with van der Waals surface area (Å²) in [6, 6.07) is 13.8. The summed E-state index contributed by atoms with van der Waals surface area (Å²) in [7, 11) is 3.40. The Hall–Kier alpha value is -3.81. The molecule has 1 aliphatic rings. The molecule has 2 aromatic heterocycles. The summed E-state index contributed by atoms with van der Waals surface area (Å²) in [6.45, 7) is 3.19. The Balaban J connectivity index is 1.26. The Bertz CT molecular complexity index is 1340. The van der Waals surface area contributed by atoms with Crippen molar-refractivity contribution in [1.82, 2.24) is 19.3 Å². The molecule has 0 saturated heterocycles. The van der Waals surface area contributed by atoms with Crippen LogP contribution in [0.2, 0.25) is 0 Å². The second-order valence-electron chi connectivity index (χ2n) is 8.40. The number of anilines is 1. The summed E-state index contributed by atoms with van der Waals surface area (Å²) in [5, 5.41) is 7.29. The van der Waals surface area contributed by atoms with Crippen molar-refractivity contribution in [2.75, 3.05) is 12.4 Å². The highest BCUT2D eigenvalue weighted by Gasteiger charge is 2.16. The molecule has 170 valence electrons. The molecular weight excluding hydrogens is 418 g/mol. The Kier molecular flexibility index (Phi) is 5.50. The first-order chi connectivity index (χ1) is 16.0. The van der Waals surface area contributed by atoms with E-state index in [1.807, 2.05) is 37.3 Å². The molecule has 1 aliphatic heterocycles. The van der Waals surface area contributed by atoms with Gasteiger partial charge in [-0.05, 0) is 55.2 Å². The van der Waals surface area contributed by atoms with Crippen LogP contribution < -0.4 is 10.1 Å². The second-order valence-corrected chi connectivity index (χ2v) is 8.40. The first kappa shape index (κ1) is 21.1. The van der Waals surface area contributed by atoms with Gasteiger partial charge >= 0.3 is 6.09 Å². The molecular formula is C25H27N5O3. The highest BCUT2D eigenvalue weighted by molar-refractivity contribution is 5.85. The van der Waals surface area contributed by atoms with Gasteiger partial charge in [-0.2, -0.15) is 5.10 Å². The van der Waals surface area contributed by atoms with E-state index < -0.39 is 6.09 Å². The van der Waals surface area contributed by atoms with Gasteiger partial charge in [0.15, 0.2) is 0 Å². The fourth-order valence-corrected chi connectivity index (χ4v) is 4.32. The van der Waals surface area contributed by atoms with Crippen molar-refractivity contribution in [3.63, 3.8) is 0 Å². The highest BCUT2D eigenvalue weighted by atomic mass is 16.5. The number of imidazole rings is 1. The first-order valence-electron chi connectivity index (χ1n) is 11.1. The summed E-state index contributed by atoms with van der Waals surface area (Å²) in [5.74, 6) is 2.41. The van der Waals surface area contributed by atoms with Crippen molar-refractivity contribution in [3.8, 4) is 17.0 Å². The van der Waals surface area contributed by atoms with Crippen molar-refractivity contribution in [2.24, 2.45) is 7.05 Å². The predicted molar refractivity (Wildman–Crippen MR) is 126 cm³/mol. The Morgan fingerprint density at radius 1 is 1.15 bits per heavy atom. The van der Waals surface area contributed by atoms with E-state index in [9.17, 15) is 4.79 Å². The number of rotatable bonds is 5. The van der Waals surface area contributed by atoms with E-state index in [4.69, 9.17) is 14.5 Å². The lowest BCUT2D eigenvalue weighted by Gasteiger charge is -2.13. The zero-order chi connectivity index (χ0) is 22.9. The molecule has 8 nitrogen and oxygen atoms in total. The van der Waals surface area contributed by atoms with Crippen LogP contribution in [0.1, 0.15) is 29.8 Å². The molecule has 33 heavy (non-hydrogen) atoms. The zero-order valence-electron chi connectivity index (χ0n) is 19.1. The Morgan fingerprint density at radius 3 is 2.88 bits per heavy atom. The van der Waals surface area contributed by atoms with Gasteiger partial charge in [0.1, 0.15) is 24.0 Å². The average molecular weight is 446 g/mol. The number of fused-ring (bicyclic) bond motifs is 3. The molecule has 0 aliphatic carbocycles. The predicted octanol–water partition coefficient (Wildman–Crippen LogP) is 4.84. The number of carbonyl (C=O) groups is 1. The molecule has 0 spiro atoms. The lowest BCUT2D eigenvalue weighted by atomic mass is 10.1. The average Bonchev–Trinajstić information content (AvgIpc) is 3.37. The number of methoxy groups -OCH3 is 1. The third kappa shape index (κ3) is 4.16. The summed E-state index contributed by atoms with van der Waals surface area (Å²) < 4.78 is 14.9. The van der Waals surface area contributed by atoms with E-state index in [0.29, 0.717) is 11.5 Å². The Labute approximate surface area is 192 Å². The number of aromatic nitrogens is 4. The molecule has 0 unspecified atom stereocenters. The van der Waals surface area contributed by atoms with Crippen molar-refractivity contribution < 1.29 is 14.3 Å². The number of nitrogens with zero attached hydrogens (tertiary/aromatic N) is 4. The van der Waals surface area contributed by atoms with Crippen LogP contribution in [0.3, 0.4) is 0 Å². The minimum absolute atomic E-state index is 0.167. The van der Waals surface area contributed by atoms with Crippen LogP contribution in [0.5, 0.6) is 5.75 Å². The van der Waals surface area contributed by atoms with Gasteiger partial charge in [-0.1, -0.05) is 12.1 Å². The van der Waals surface area contributed by atoms with Crippen molar-refractivity contribution >= 4 is 22.9 Å². The number of hydrogen-bond donors (Lipinski definition) is 1. The van der Waals surface area contributed by atoms with Crippen molar-refractivity contribution in [2.45, 2.75) is 39.3 Å². The lowest BCUT2D eigenvalue weighted by molar-refractivity contribution is 0.155. The smallest absolute Gasteiger partial charge is 0.413 e. The van der Waals surface area contributed by atoms with Gasteiger partial charge in [0.2, 0.25) is 0 Å². The van der Waals surface area contributed by atoms with Crippen LogP contribution in [-0.2, 0) is 31.4 Å². The Morgan fingerprint density at radius 2 is 2.03 bits per heavy atom. The first-order valence-corrected chi connectivity index (χ1v) is 11.1. The van der Waals surface area contributed by atoms with Crippen LogP contribution in [0.15, 0.2) is 42.5 Å². The fraction of sp³-hybridized carbons (Fsp3) is 0.320. The van der Waals surface area contributed by atoms with Crippen molar-refractivity contribution in [3.05, 3.63) is 59.4 Å². The van der Waals surface area contributed by atoms with Gasteiger partial charge in [-0.3, -0.25) is 10.00 Å². The van der Waals surface area contributed by atoms with E-state index in [-0.39, 0.29) is 6.61 Å². The fourth-order valence-electron chi connectivity index (χ4n) is 4.32. The van der Waals surface area contributed by atoms with Crippen LogP contribution >= 0.6 is 0 Å². The molecule has 0 fully saturated rings. The van der Waals surface area contributed by atoms with Crippen LogP contribution in [0.4, 0.5) is 10.6 Å². The third-order valence-corrected chi connectivity index (χ3v) is 6.04. The summed E-state index contributed by atoms with van der Waals surface area (Å²) in [4.78, 5) is 17.2. The molecule has 5 rings (SSSR count). The van der Waals surface area contributed by atoms with Gasteiger partial charge in [0.05, 0.1) is 23.8 Å². The van der Waals surface area contributed by atoms with E-state index in [2.05, 4.69) is 21.0 Å². The number of aryl methyl sites for hydroxylation is 4. The highest BCUT2D eigenvalue weighted by Crippen LogP contribution is 2.31. The molecule has 0 atom stereocenters. The molecule has 8 heteroatoms. The number of benzene rings is 2. The van der Waals surface area contributed by atoms with Crippen LogP contribution in [-0.4, -0.2) is 32.5 Å². The van der Waals surface area contributed by atoms with Crippen LogP contribution in [0, 0.1) is 6.92 Å². The molecule has 2 aromatic carbocycles. The third-order valence-electron chi connectivity index (χ3n) is 6.04. The van der Waals surface area contributed by atoms with Crippen LogP contribution in [0.25, 0.3) is 22.3 Å². The zero-order valence-corrected chi connectivity index (χ0v) is 19.1.